The molecule has 1 atom stereocenters. The second-order valence-corrected chi connectivity index (χ2v) is 5.47. The number of rotatable bonds is 4. The average Bonchev–Trinajstić information content (AvgIpc) is 2.46. The predicted molar refractivity (Wildman–Crippen MR) is 80.9 cm³/mol. The van der Waals surface area contributed by atoms with Crippen LogP contribution in [-0.4, -0.2) is 9.92 Å². The summed E-state index contributed by atoms with van der Waals surface area (Å²) >= 11 is 0. The van der Waals surface area contributed by atoms with Gasteiger partial charge in [-0.2, -0.15) is 4.40 Å². The average molecular weight is 271 g/mol. The van der Waals surface area contributed by atoms with Gasteiger partial charge in [0.05, 0.1) is 10.6 Å². The van der Waals surface area contributed by atoms with Crippen molar-refractivity contribution in [3.05, 3.63) is 65.7 Å². The first kappa shape index (κ1) is 13.7. The molecule has 2 aromatic carbocycles. The van der Waals surface area contributed by atoms with Gasteiger partial charge < -0.3 is 0 Å². The third-order valence-electron chi connectivity index (χ3n) is 2.86. The van der Waals surface area contributed by atoms with Crippen molar-refractivity contribution < 1.29 is 4.21 Å². The van der Waals surface area contributed by atoms with Gasteiger partial charge in [0.1, 0.15) is 0 Å². The molecule has 0 aromatic heterocycles. The van der Waals surface area contributed by atoms with Crippen molar-refractivity contribution in [3.63, 3.8) is 0 Å². The minimum Gasteiger partial charge on any atom is -0.229 e. The fraction of sp³-hybridized carbons (Fsp3) is 0.188. The van der Waals surface area contributed by atoms with E-state index in [1.165, 1.54) is 0 Å². The van der Waals surface area contributed by atoms with Crippen LogP contribution in [0.2, 0.25) is 0 Å². The molecule has 98 valence electrons. The summed E-state index contributed by atoms with van der Waals surface area (Å²) in [7, 11) is -1.33. The summed E-state index contributed by atoms with van der Waals surface area (Å²) in [6, 6.07) is 17.5. The van der Waals surface area contributed by atoms with E-state index >= 15 is 0 Å². The van der Waals surface area contributed by atoms with E-state index in [-0.39, 0.29) is 0 Å². The highest BCUT2D eigenvalue weighted by Gasteiger charge is 2.05. The van der Waals surface area contributed by atoms with Crippen molar-refractivity contribution in [2.24, 2.45) is 4.40 Å². The van der Waals surface area contributed by atoms with Crippen molar-refractivity contribution in [3.8, 4) is 0 Å². The lowest BCUT2D eigenvalue weighted by molar-refractivity contribution is 0.684. The Hall–Kier alpha value is -1.74. The molecule has 0 amide bonds. The molecule has 2 aromatic rings. The van der Waals surface area contributed by atoms with Gasteiger partial charge in [-0.05, 0) is 31.0 Å². The largest absolute Gasteiger partial charge is 0.229 e. The molecule has 0 radical (unpaired) electrons. The predicted octanol–water partition coefficient (Wildman–Crippen LogP) is 3.92. The van der Waals surface area contributed by atoms with Crippen molar-refractivity contribution in [1.29, 1.82) is 0 Å². The summed E-state index contributed by atoms with van der Waals surface area (Å²) in [6.45, 7) is 4.04. The molecule has 0 saturated heterocycles. The summed E-state index contributed by atoms with van der Waals surface area (Å²) in [5.41, 5.74) is 3.06. The van der Waals surface area contributed by atoms with E-state index in [9.17, 15) is 4.21 Å². The third-order valence-corrected chi connectivity index (χ3v) is 3.92. The molecule has 3 heteroatoms. The number of hydrogen-bond donors (Lipinski definition) is 0. The number of benzene rings is 2. The second-order valence-electron chi connectivity index (χ2n) is 4.32. The smallest absolute Gasteiger partial charge is 0.172 e. The summed E-state index contributed by atoms with van der Waals surface area (Å²) < 4.78 is 16.6. The first-order valence-corrected chi connectivity index (χ1v) is 7.43. The van der Waals surface area contributed by atoms with Gasteiger partial charge in [-0.3, -0.25) is 0 Å². The molecule has 0 N–H and O–H groups in total. The molecular weight excluding hydrogens is 254 g/mol. The van der Waals surface area contributed by atoms with Gasteiger partial charge in [-0.15, -0.1) is 0 Å². The Kier molecular flexibility index (Phi) is 4.63. The van der Waals surface area contributed by atoms with Crippen LogP contribution in [0.5, 0.6) is 0 Å². The van der Waals surface area contributed by atoms with Crippen LogP contribution in [0.25, 0.3) is 0 Å². The standard InChI is InChI=1S/C16H17NOS/c1-3-16(14-7-5-4-6-8-14)17-19(18)15-11-9-13(2)10-12-15/h4-12H,3H2,1-2H3/b17-16+. The molecular formula is C16H17NOS. The lowest BCUT2D eigenvalue weighted by Crippen LogP contribution is -2.01. The van der Waals surface area contributed by atoms with Crippen LogP contribution in [-0.2, 0) is 11.0 Å². The molecule has 0 aliphatic carbocycles. The van der Waals surface area contributed by atoms with Crippen LogP contribution in [0.1, 0.15) is 24.5 Å². The zero-order valence-electron chi connectivity index (χ0n) is 11.2. The van der Waals surface area contributed by atoms with E-state index in [1.54, 1.807) is 0 Å². The summed E-state index contributed by atoms with van der Waals surface area (Å²) in [5.74, 6) is 0. The highest BCUT2D eigenvalue weighted by atomic mass is 32.2. The molecule has 0 spiro atoms. The molecule has 1 unspecified atom stereocenters. The first-order valence-electron chi connectivity index (χ1n) is 6.32. The van der Waals surface area contributed by atoms with E-state index in [4.69, 9.17) is 0 Å². The van der Waals surface area contributed by atoms with Crippen LogP contribution in [0.4, 0.5) is 0 Å². The molecule has 0 saturated carbocycles. The van der Waals surface area contributed by atoms with Crippen molar-refractivity contribution in [1.82, 2.24) is 0 Å². The minimum atomic E-state index is -1.33. The fourth-order valence-electron chi connectivity index (χ4n) is 1.76. The summed E-state index contributed by atoms with van der Waals surface area (Å²) in [6.07, 6.45) is 0.765. The maximum Gasteiger partial charge on any atom is 0.172 e. The van der Waals surface area contributed by atoms with Crippen molar-refractivity contribution in [2.75, 3.05) is 0 Å². The van der Waals surface area contributed by atoms with E-state index in [0.717, 1.165) is 28.2 Å². The summed E-state index contributed by atoms with van der Waals surface area (Å²) in [5, 5.41) is 0. The molecule has 0 heterocycles. The summed E-state index contributed by atoms with van der Waals surface area (Å²) in [4.78, 5) is 0.743. The second kappa shape index (κ2) is 6.43. The Morgan fingerprint density at radius 2 is 1.68 bits per heavy atom. The number of aryl methyl sites for hydroxylation is 1. The Bertz CT molecular complexity index is 588. The maximum atomic E-state index is 12.2. The van der Waals surface area contributed by atoms with Gasteiger partial charge in [-0.1, -0.05) is 55.0 Å². The van der Waals surface area contributed by atoms with E-state index < -0.39 is 11.0 Å². The Morgan fingerprint density at radius 1 is 1.05 bits per heavy atom. The van der Waals surface area contributed by atoms with Crippen LogP contribution in [0, 0.1) is 6.92 Å². The normalized spacial score (nSPS) is 13.3. The third kappa shape index (κ3) is 3.61. The van der Waals surface area contributed by atoms with Gasteiger partial charge in [0.15, 0.2) is 11.0 Å². The highest BCUT2D eigenvalue weighted by molar-refractivity contribution is 7.83. The zero-order chi connectivity index (χ0) is 13.7. The van der Waals surface area contributed by atoms with E-state index in [1.807, 2.05) is 68.4 Å². The van der Waals surface area contributed by atoms with Gasteiger partial charge in [0.25, 0.3) is 0 Å². The van der Waals surface area contributed by atoms with Crippen LogP contribution < -0.4 is 0 Å². The molecule has 0 bridgehead atoms. The van der Waals surface area contributed by atoms with Crippen LogP contribution in [0.3, 0.4) is 0 Å². The van der Waals surface area contributed by atoms with Crippen LogP contribution in [0.15, 0.2) is 63.9 Å². The van der Waals surface area contributed by atoms with E-state index in [2.05, 4.69) is 4.40 Å². The monoisotopic (exact) mass is 271 g/mol. The molecule has 2 nitrogen and oxygen atoms in total. The van der Waals surface area contributed by atoms with E-state index in [0.29, 0.717) is 0 Å². The number of hydrogen-bond acceptors (Lipinski definition) is 1. The Morgan fingerprint density at radius 3 is 2.26 bits per heavy atom. The van der Waals surface area contributed by atoms with Crippen molar-refractivity contribution >= 4 is 16.7 Å². The number of nitrogens with zero attached hydrogens (tertiary/aromatic N) is 1. The molecule has 19 heavy (non-hydrogen) atoms. The fourth-order valence-corrected chi connectivity index (χ4v) is 2.67. The Labute approximate surface area is 116 Å². The zero-order valence-corrected chi connectivity index (χ0v) is 12.0. The lowest BCUT2D eigenvalue weighted by Gasteiger charge is -2.04. The van der Waals surface area contributed by atoms with Gasteiger partial charge in [0, 0.05) is 0 Å². The highest BCUT2D eigenvalue weighted by Crippen LogP contribution is 2.12. The lowest BCUT2D eigenvalue weighted by atomic mass is 10.1. The van der Waals surface area contributed by atoms with Gasteiger partial charge in [0.2, 0.25) is 0 Å². The van der Waals surface area contributed by atoms with Gasteiger partial charge >= 0.3 is 0 Å². The Balaban J connectivity index is 2.28. The van der Waals surface area contributed by atoms with Gasteiger partial charge in [-0.25, -0.2) is 4.21 Å². The topological polar surface area (TPSA) is 29.4 Å². The first-order chi connectivity index (χ1) is 9.20. The quantitative estimate of drug-likeness (QED) is 0.775. The molecule has 0 aliphatic rings. The minimum absolute atomic E-state index is 0.743. The SMILES string of the molecule is CC/C(=N\S(=O)c1ccc(C)cc1)c1ccccc1. The molecule has 0 fully saturated rings. The molecule has 0 aliphatic heterocycles. The molecule has 2 rings (SSSR count). The van der Waals surface area contributed by atoms with Crippen molar-refractivity contribution in [2.45, 2.75) is 25.2 Å². The maximum absolute atomic E-state index is 12.2. The van der Waals surface area contributed by atoms with Crippen LogP contribution >= 0.6 is 0 Å².